The van der Waals surface area contributed by atoms with E-state index >= 15 is 0 Å². The van der Waals surface area contributed by atoms with Crippen molar-refractivity contribution in [2.24, 2.45) is 0 Å². The first-order chi connectivity index (χ1) is 18.5. The van der Waals surface area contributed by atoms with Crippen molar-refractivity contribution >= 4 is 52.5 Å². The smallest absolute Gasteiger partial charge is 0.232 e. The second-order valence-electron chi connectivity index (χ2n) is 10.2. The Morgan fingerprint density at radius 1 is 1.08 bits per heavy atom. The van der Waals surface area contributed by atoms with Gasteiger partial charge in [0.15, 0.2) is 10.3 Å². The van der Waals surface area contributed by atoms with Crippen LogP contribution in [0.5, 0.6) is 0 Å². The van der Waals surface area contributed by atoms with Crippen LogP contribution >= 0.6 is 35.6 Å². The quantitative estimate of drug-likeness (QED) is 0.185. The van der Waals surface area contributed by atoms with E-state index in [1.165, 1.54) is 43.0 Å². The van der Waals surface area contributed by atoms with E-state index < -0.39 is 0 Å². The predicted molar refractivity (Wildman–Crippen MR) is 159 cm³/mol. The molecule has 0 unspecified atom stereocenters. The van der Waals surface area contributed by atoms with Crippen molar-refractivity contribution in [3.05, 3.63) is 59.4 Å². The van der Waals surface area contributed by atoms with Crippen LogP contribution in [0.1, 0.15) is 63.9 Å². The molecule has 2 aliphatic rings. The number of rotatable bonds is 7. The zero-order chi connectivity index (χ0) is 26.4. The highest BCUT2D eigenvalue weighted by molar-refractivity contribution is 7.99. The normalized spacial score (nSPS) is 19.1. The topological polar surface area (TPSA) is 78.9 Å². The molecule has 0 spiro atoms. The fourth-order valence-electron chi connectivity index (χ4n) is 5.55. The third-order valence-corrected chi connectivity index (χ3v) is 8.88. The Bertz CT molecular complexity index is 1240. The van der Waals surface area contributed by atoms with Gasteiger partial charge in [-0.3, -0.25) is 0 Å². The van der Waals surface area contributed by atoms with E-state index in [1.54, 1.807) is 12.4 Å². The van der Waals surface area contributed by atoms with E-state index in [0.29, 0.717) is 22.3 Å². The number of nitrogens with zero attached hydrogens (tertiary/aromatic N) is 5. The summed E-state index contributed by atoms with van der Waals surface area (Å²) >= 11 is 13.5. The van der Waals surface area contributed by atoms with E-state index in [9.17, 15) is 0 Å². The molecule has 7 nitrogen and oxygen atoms in total. The summed E-state index contributed by atoms with van der Waals surface area (Å²) in [6.45, 7) is 3.98. The molecule has 1 aliphatic heterocycles. The monoisotopic (exact) mass is 567 g/mol. The first-order valence-corrected chi connectivity index (χ1v) is 15.0. The van der Waals surface area contributed by atoms with Crippen LogP contribution in [0.4, 0.5) is 11.8 Å². The highest BCUT2D eigenvalue weighted by Gasteiger charge is 2.34. The number of aromatic nitrogens is 4. The Hall–Kier alpha value is -2.49. The van der Waals surface area contributed by atoms with E-state index in [4.69, 9.17) is 33.8 Å². The molecular weight excluding hydrogens is 534 g/mol. The lowest BCUT2D eigenvalue weighted by atomic mass is 9.69. The van der Waals surface area contributed by atoms with Crippen LogP contribution in [0, 0.1) is 0 Å². The van der Waals surface area contributed by atoms with E-state index in [1.807, 2.05) is 24.3 Å². The van der Waals surface area contributed by atoms with Crippen molar-refractivity contribution < 1.29 is 0 Å². The molecule has 2 fully saturated rings. The van der Waals surface area contributed by atoms with Gasteiger partial charge in [-0.15, -0.1) is 0 Å². The lowest BCUT2D eigenvalue weighted by Crippen LogP contribution is -2.43. The Kier molecular flexibility index (Phi) is 8.97. The van der Waals surface area contributed by atoms with Crippen LogP contribution in [0.2, 0.25) is 5.02 Å². The first-order valence-electron chi connectivity index (χ1n) is 13.4. The van der Waals surface area contributed by atoms with Crippen LogP contribution < -0.4 is 15.5 Å². The van der Waals surface area contributed by atoms with Crippen molar-refractivity contribution in [3.8, 4) is 0 Å². The fraction of sp³-hybridized carbons (Fsp3) is 0.464. The zero-order valence-corrected chi connectivity index (χ0v) is 24.1. The standard InChI is InChI=1S/C28H34ClN7S2/c1-20-9-3-6-16-36(20)23-18-24(38-27-30-14-8-15-31-27)34-25(33-23)35-26(37)32-19-28(12-4-2-5-13-28)21-10-7-11-22(29)17-21/h7-8,10-11,14-15,17-18,20H,2-6,9,12-13,16,19H2,1H3,(H2,32,33,34,35,37)/t20-/m1/s1. The number of piperidine rings is 1. The molecule has 38 heavy (non-hydrogen) atoms. The molecule has 1 aliphatic carbocycles. The molecule has 2 aromatic heterocycles. The fourth-order valence-corrected chi connectivity index (χ4v) is 6.61. The molecule has 2 N–H and O–H groups in total. The van der Waals surface area contributed by atoms with Gasteiger partial charge in [-0.25, -0.2) is 15.0 Å². The van der Waals surface area contributed by atoms with Crippen molar-refractivity contribution in [1.82, 2.24) is 25.3 Å². The maximum atomic E-state index is 6.37. The summed E-state index contributed by atoms with van der Waals surface area (Å²) in [6.07, 6.45) is 12.9. The third-order valence-electron chi connectivity index (χ3n) is 7.58. The van der Waals surface area contributed by atoms with Gasteiger partial charge in [-0.05, 0) is 86.8 Å². The van der Waals surface area contributed by atoms with Gasteiger partial charge >= 0.3 is 0 Å². The van der Waals surface area contributed by atoms with Crippen LogP contribution in [0.25, 0.3) is 0 Å². The molecule has 1 atom stereocenters. The average Bonchev–Trinajstić information content (AvgIpc) is 2.93. The molecule has 1 saturated carbocycles. The van der Waals surface area contributed by atoms with Gasteiger partial charge in [-0.2, -0.15) is 4.98 Å². The van der Waals surface area contributed by atoms with Gasteiger partial charge in [0.05, 0.1) is 0 Å². The van der Waals surface area contributed by atoms with Gasteiger partial charge in [-0.1, -0.05) is 43.0 Å². The summed E-state index contributed by atoms with van der Waals surface area (Å²) < 4.78 is 0. The first kappa shape index (κ1) is 27.1. The Balaban J connectivity index is 1.34. The van der Waals surface area contributed by atoms with Crippen LogP contribution in [-0.2, 0) is 5.41 Å². The van der Waals surface area contributed by atoms with E-state index in [-0.39, 0.29) is 5.41 Å². The summed E-state index contributed by atoms with van der Waals surface area (Å²) in [5.41, 5.74) is 1.28. The Labute approximate surface area is 239 Å². The van der Waals surface area contributed by atoms with E-state index in [2.05, 4.69) is 44.6 Å². The zero-order valence-electron chi connectivity index (χ0n) is 21.7. The van der Waals surface area contributed by atoms with Crippen molar-refractivity contribution in [2.75, 3.05) is 23.3 Å². The van der Waals surface area contributed by atoms with Crippen LogP contribution in [0.3, 0.4) is 0 Å². The number of nitrogens with one attached hydrogen (secondary N) is 2. The molecule has 1 aromatic carbocycles. The minimum absolute atomic E-state index is 0.00644. The number of hydrogen-bond donors (Lipinski definition) is 2. The average molecular weight is 568 g/mol. The minimum atomic E-state index is 0.00644. The SMILES string of the molecule is C[C@@H]1CCCCN1c1cc(Sc2ncccn2)nc(NC(=S)NCC2(c3cccc(Cl)c3)CCCCC2)n1. The molecule has 0 radical (unpaired) electrons. The molecule has 3 aromatic rings. The summed E-state index contributed by atoms with van der Waals surface area (Å²) in [4.78, 5) is 20.7. The Morgan fingerprint density at radius 3 is 2.66 bits per heavy atom. The van der Waals surface area contributed by atoms with Gasteiger partial charge < -0.3 is 15.5 Å². The number of benzene rings is 1. The Morgan fingerprint density at radius 2 is 1.89 bits per heavy atom. The summed E-state index contributed by atoms with van der Waals surface area (Å²) in [7, 11) is 0. The molecular formula is C28H34ClN7S2. The molecule has 0 amide bonds. The molecule has 200 valence electrons. The molecule has 5 rings (SSSR count). The number of halogens is 1. The third kappa shape index (κ3) is 6.74. The number of thiocarbonyl (C=S) groups is 1. The molecule has 10 heteroatoms. The van der Waals surface area contributed by atoms with Gasteiger partial charge in [0.2, 0.25) is 5.95 Å². The van der Waals surface area contributed by atoms with Crippen molar-refractivity contribution in [2.45, 2.75) is 79.9 Å². The highest BCUT2D eigenvalue weighted by Crippen LogP contribution is 2.40. The minimum Gasteiger partial charge on any atom is -0.361 e. The highest BCUT2D eigenvalue weighted by atomic mass is 35.5. The van der Waals surface area contributed by atoms with Crippen molar-refractivity contribution in [1.29, 1.82) is 0 Å². The predicted octanol–water partition coefficient (Wildman–Crippen LogP) is 6.64. The summed E-state index contributed by atoms with van der Waals surface area (Å²) in [5.74, 6) is 1.38. The molecule has 1 saturated heterocycles. The van der Waals surface area contributed by atoms with Crippen LogP contribution in [-0.4, -0.2) is 44.2 Å². The summed E-state index contributed by atoms with van der Waals surface area (Å²) in [6, 6.07) is 12.5. The molecule has 3 heterocycles. The second-order valence-corrected chi connectivity index (χ2v) is 12.1. The number of hydrogen-bond acceptors (Lipinski definition) is 7. The summed E-state index contributed by atoms with van der Waals surface area (Å²) in [5, 5.41) is 9.49. The maximum absolute atomic E-state index is 6.37. The van der Waals surface area contributed by atoms with Gasteiger partial charge in [0.25, 0.3) is 0 Å². The lowest BCUT2D eigenvalue weighted by molar-refractivity contribution is 0.292. The van der Waals surface area contributed by atoms with E-state index in [0.717, 1.165) is 54.6 Å². The van der Waals surface area contributed by atoms with Crippen molar-refractivity contribution in [3.63, 3.8) is 0 Å². The second kappa shape index (κ2) is 12.6. The molecule has 0 bridgehead atoms. The van der Waals surface area contributed by atoms with Gasteiger partial charge in [0, 0.05) is 48.0 Å². The lowest BCUT2D eigenvalue weighted by Gasteiger charge is -2.38. The van der Waals surface area contributed by atoms with Crippen LogP contribution in [0.15, 0.2) is 59.0 Å². The number of anilines is 2. The largest absolute Gasteiger partial charge is 0.361 e. The van der Waals surface area contributed by atoms with Gasteiger partial charge in [0.1, 0.15) is 10.8 Å². The maximum Gasteiger partial charge on any atom is 0.232 e.